The Kier molecular flexibility index (Phi) is 4.59. The van der Waals surface area contributed by atoms with Gasteiger partial charge in [-0.3, -0.25) is 4.79 Å². The van der Waals surface area contributed by atoms with E-state index in [1.165, 1.54) is 12.8 Å². The highest BCUT2D eigenvalue weighted by atomic mass is 16.5. The molecule has 0 spiro atoms. The van der Waals surface area contributed by atoms with Crippen LogP contribution in [-0.2, 0) is 0 Å². The first-order valence-corrected chi connectivity index (χ1v) is 6.45. The van der Waals surface area contributed by atoms with Crippen LogP contribution in [-0.4, -0.2) is 30.3 Å². The fourth-order valence-electron chi connectivity index (χ4n) is 2.18. The van der Waals surface area contributed by atoms with Gasteiger partial charge >= 0.3 is 0 Å². The van der Waals surface area contributed by atoms with Crippen LogP contribution in [0.3, 0.4) is 0 Å². The van der Waals surface area contributed by atoms with Crippen molar-refractivity contribution in [2.24, 2.45) is 0 Å². The zero-order valence-corrected chi connectivity index (χ0v) is 10.4. The van der Waals surface area contributed by atoms with Crippen LogP contribution < -0.4 is 10.1 Å². The molecule has 0 atom stereocenters. The lowest BCUT2D eigenvalue weighted by Gasteiger charge is -2.13. The zero-order valence-electron chi connectivity index (χ0n) is 10.4. The molecule has 1 aromatic carbocycles. The third-order valence-corrected chi connectivity index (χ3v) is 3.10. The average molecular weight is 249 g/mol. The monoisotopic (exact) mass is 249 g/mol. The summed E-state index contributed by atoms with van der Waals surface area (Å²) in [5.41, 5.74) is 0.568. The van der Waals surface area contributed by atoms with E-state index in [1.807, 2.05) is 12.1 Å². The van der Waals surface area contributed by atoms with Crippen LogP contribution in [0.25, 0.3) is 0 Å². The average Bonchev–Trinajstić information content (AvgIpc) is 2.89. The number of aliphatic hydroxyl groups excluding tert-OH is 1. The van der Waals surface area contributed by atoms with Crippen molar-refractivity contribution >= 4 is 5.91 Å². The number of carbonyl (C=O) groups is 1. The molecular formula is C14H19NO3. The molecule has 0 heterocycles. The van der Waals surface area contributed by atoms with Crippen LogP contribution in [0.1, 0.15) is 36.0 Å². The van der Waals surface area contributed by atoms with Gasteiger partial charge in [0.15, 0.2) is 0 Å². The molecule has 0 aromatic heterocycles. The molecule has 0 saturated heterocycles. The minimum absolute atomic E-state index is 0.0516. The molecule has 1 aliphatic rings. The highest BCUT2D eigenvalue weighted by molar-refractivity contribution is 5.94. The summed E-state index contributed by atoms with van der Waals surface area (Å²) in [4.78, 5) is 11.7. The number of carbonyl (C=O) groups excluding carboxylic acids is 1. The van der Waals surface area contributed by atoms with Crippen LogP contribution in [0.15, 0.2) is 24.3 Å². The molecule has 1 fully saturated rings. The largest absolute Gasteiger partial charge is 0.490 e. The van der Waals surface area contributed by atoms with Crippen molar-refractivity contribution in [2.75, 3.05) is 13.2 Å². The zero-order chi connectivity index (χ0) is 12.8. The van der Waals surface area contributed by atoms with Gasteiger partial charge in [0.25, 0.3) is 5.91 Å². The van der Waals surface area contributed by atoms with Crippen molar-refractivity contribution in [3.05, 3.63) is 29.8 Å². The summed E-state index contributed by atoms with van der Waals surface area (Å²) in [6.45, 7) is 0.219. The molecule has 1 saturated carbocycles. The van der Waals surface area contributed by atoms with Crippen molar-refractivity contribution in [1.82, 2.24) is 5.32 Å². The lowest BCUT2D eigenvalue weighted by atomic mass is 10.2. The van der Waals surface area contributed by atoms with Crippen molar-refractivity contribution in [3.63, 3.8) is 0 Å². The van der Waals surface area contributed by atoms with Crippen molar-refractivity contribution in [1.29, 1.82) is 0 Å². The van der Waals surface area contributed by atoms with Gasteiger partial charge in [0.1, 0.15) is 5.75 Å². The minimum Gasteiger partial charge on any atom is -0.490 e. The molecule has 1 amide bonds. The molecule has 0 bridgehead atoms. The summed E-state index contributed by atoms with van der Waals surface area (Å²) in [5, 5.41) is 11.3. The van der Waals surface area contributed by atoms with Gasteiger partial charge in [-0.1, -0.05) is 6.07 Å². The van der Waals surface area contributed by atoms with Gasteiger partial charge in [-0.15, -0.1) is 0 Å². The molecule has 2 rings (SSSR count). The van der Waals surface area contributed by atoms with Crippen LogP contribution in [0.4, 0.5) is 0 Å². The molecule has 0 radical (unpaired) electrons. The van der Waals surface area contributed by atoms with Gasteiger partial charge in [0.05, 0.1) is 12.7 Å². The number of hydrogen-bond acceptors (Lipinski definition) is 3. The molecule has 4 nitrogen and oxygen atoms in total. The predicted molar refractivity (Wildman–Crippen MR) is 68.7 cm³/mol. The van der Waals surface area contributed by atoms with Gasteiger partial charge in [0, 0.05) is 12.1 Å². The summed E-state index contributed by atoms with van der Waals surface area (Å²) >= 11 is 0. The fourth-order valence-corrected chi connectivity index (χ4v) is 2.18. The van der Waals surface area contributed by atoms with E-state index in [2.05, 4.69) is 5.32 Å². The standard InChI is InChI=1S/C14H19NO3/c16-9-8-15-14(17)11-4-3-7-13(10-11)18-12-5-1-2-6-12/h3-4,7,10,12,16H,1-2,5-6,8-9H2,(H,15,17). The Morgan fingerprint density at radius 3 is 2.89 bits per heavy atom. The summed E-state index contributed by atoms with van der Waals surface area (Å²) < 4.78 is 5.84. The number of rotatable bonds is 5. The second kappa shape index (κ2) is 6.40. The Morgan fingerprint density at radius 2 is 2.17 bits per heavy atom. The summed E-state index contributed by atoms with van der Waals surface area (Å²) in [6.07, 6.45) is 4.94. The first-order chi connectivity index (χ1) is 8.79. The second-order valence-electron chi connectivity index (χ2n) is 4.53. The van der Waals surface area contributed by atoms with Crippen molar-refractivity contribution in [2.45, 2.75) is 31.8 Å². The number of hydrogen-bond donors (Lipinski definition) is 2. The Hall–Kier alpha value is -1.55. The molecule has 2 N–H and O–H groups in total. The van der Waals surface area contributed by atoms with Gasteiger partial charge in [-0.2, -0.15) is 0 Å². The van der Waals surface area contributed by atoms with E-state index in [9.17, 15) is 4.79 Å². The summed E-state index contributed by atoms with van der Waals surface area (Å²) in [7, 11) is 0. The SMILES string of the molecule is O=C(NCCO)c1cccc(OC2CCCC2)c1. The topological polar surface area (TPSA) is 58.6 Å². The molecule has 0 aliphatic heterocycles. The van der Waals surface area contributed by atoms with E-state index < -0.39 is 0 Å². The Morgan fingerprint density at radius 1 is 1.39 bits per heavy atom. The van der Waals surface area contributed by atoms with Crippen LogP contribution in [0.2, 0.25) is 0 Å². The molecule has 98 valence electrons. The number of benzene rings is 1. The van der Waals surface area contributed by atoms with Gasteiger partial charge in [-0.25, -0.2) is 0 Å². The first-order valence-electron chi connectivity index (χ1n) is 6.45. The molecule has 4 heteroatoms. The van der Waals surface area contributed by atoms with E-state index in [-0.39, 0.29) is 19.1 Å². The van der Waals surface area contributed by atoms with Crippen LogP contribution in [0.5, 0.6) is 5.75 Å². The summed E-state index contributed by atoms with van der Waals surface area (Å²) in [5.74, 6) is 0.569. The maximum Gasteiger partial charge on any atom is 0.251 e. The highest BCUT2D eigenvalue weighted by Gasteiger charge is 2.16. The molecule has 1 aliphatic carbocycles. The third-order valence-electron chi connectivity index (χ3n) is 3.10. The number of ether oxygens (including phenoxy) is 1. The summed E-state index contributed by atoms with van der Waals surface area (Å²) in [6, 6.07) is 7.19. The lowest BCUT2D eigenvalue weighted by Crippen LogP contribution is -2.26. The Labute approximate surface area is 107 Å². The van der Waals surface area contributed by atoms with E-state index in [4.69, 9.17) is 9.84 Å². The van der Waals surface area contributed by atoms with Gasteiger partial charge in [-0.05, 0) is 43.9 Å². The molecular weight excluding hydrogens is 230 g/mol. The molecule has 1 aromatic rings. The molecule has 18 heavy (non-hydrogen) atoms. The second-order valence-corrected chi connectivity index (χ2v) is 4.53. The number of nitrogens with one attached hydrogen (secondary N) is 1. The van der Waals surface area contributed by atoms with E-state index in [1.54, 1.807) is 12.1 Å². The smallest absolute Gasteiger partial charge is 0.251 e. The quantitative estimate of drug-likeness (QED) is 0.835. The Balaban J connectivity index is 1.97. The first kappa shape index (κ1) is 12.9. The third kappa shape index (κ3) is 3.47. The van der Waals surface area contributed by atoms with Crippen molar-refractivity contribution < 1.29 is 14.6 Å². The van der Waals surface area contributed by atoms with E-state index in [0.717, 1.165) is 18.6 Å². The van der Waals surface area contributed by atoms with Gasteiger partial charge in [0.2, 0.25) is 0 Å². The van der Waals surface area contributed by atoms with Crippen LogP contribution >= 0.6 is 0 Å². The fraction of sp³-hybridized carbons (Fsp3) is 0.500. The van der Waals surface area contributed by atoms with Crippen molar-refractivity contribution in [3.8, 4) is 5.75 Å². The maximum atomic E-state index is 11.7. The highest BCUT2D eigenvalue weighted by Crippen LogP contribution is 2.24. The van der Waals surface area contributed by atoms with E-state index >= 15 is 0 Å². The lowest BCUT2D eigenvalue weighted by molar-refractivity contribution is 0.0944. The van der Waals surface area contributed by atoms with Gasteiger partial charge < -0.3 is 15.2 Å². The molecule has 0 unspecified atom stereocenters. The number of aliphatic hydroxyl groups is 1. The predicted octanol–water partition coefficient (Wildman–Crippen LogP) is 1.73. The minimum atomic E-state index is -0.180. The Bertz CT molecular complexity index is 400. The van der Waals surface area contributed by atoms with Crippen LogP contribution in [0, 0.1) is 0 Å². The number of amides is 1. The maximum absolute atomic E-state index is 11.7. The normalized spacial score (nSPS) is 15.6. The van der Waals surface area contributed by atoms with E-state index in [0.29, 0.717) is 11.7 Å².